The molecule has 2 N–H and O–H groups in total. The molecule has 2 amide bonds. The maximum Gasteiger partial charge on any atom is 0.224 e. The van der Waals surface area contributed by atoms with E-state index in [1.807, 2.05) is 87.5 Å². The number of nitrogens with one attached hydrogen (secondary N) is 2. The molecule has 0 saturated heterocycles. The first kappa shape index (κ1) is 30.7. The predicted octanol–water partition coefficient (Wildman–Crippen LogP) is 5.75. The summed E-state index contributed by atoms with van der Waals surface area (Å²) in [4.78, 5) is 51.5. The molecule has 212 valence electrons. The number of rotatable bonds is 14. The molecule has 0 radical (unpaired) electrons. The Morgan fingerprint density at radius 2 is 1.45 bits per heavy atom. The maximum absolute atomic E-state index is 13.3. The smallest absolute Gasteiger partial charge is 0.224 e. The first-order chi connectivity index (χ1) is 19.0. The van der Waals surface area contributed by atoms with Gasteiger partial charge in [-0.3, -0.25) is 19.2 Å². The Bertz CT molecular complexity index is 1310. The fourth-order valence-corrected chi connectivity index (χ4v) is 4.81. The van der Waals surface area contributed by atoms with E-state index in [0.29, 0.717) is 25.7 Å². The molecule has 3 rings (SSSR count). The van der Waals surface area contributed by atoms with Gasteiger partial charge in [0.1, 0.15) is 5.78 Å². The Morgan fingerprint density at radius 3 is 2.17 bits per heavy atom. The molecule has 0 aliphatic heterocycles. The van der Waals surface area contributed by atoms with Crippen molar-refractivity contribution in [2.75, 3.05) is 0 Å². The van der Waals surface area contributed by atoms with Gasteiger partial charge in [0.15, 0.2) is 5.78 Å². The second-order valence-corrected chi connectivity index (χ2v) is 11.6. The Morgan fingerprint density at radius 1 is 0.775 bits per heavy atom. The Balaban J connectivity index is 1.59. The maximum atomic E-state index is 13.3. The van der Waals surface area contributed by atoms with Crippen LogP contribution in [0.5, 0.6) is 0 Å². The number of carbonyl (C=O) groups excluding carboxylic acids is 4. The highest BCUT2D eigenvalue weighted by molar-refractivity contribution is 5.92. The second-order valence-electron chi connectivity index (χ2n) is 11.6. The van der Waals surface area contributed by atoms with Crippen molar-refractivity contribution in [3.63, 3.8) is 0 Å². The normalized spacial score (nSPS) is 12.9. The summed E-state index contributed by atoms with van der Waals surface area (Å²) in [5.74, 6) is -1.30. The van der Waals surface area contributed by atoms with Gasteiger partial charge in [0.25, 0.3) is 0 Å². The summed E-state index contributed by atoms with van der Waals surface area (Å²) in [5.41, 5.74) is 1.77. The highest BCUT2D eigenvalue weighted by atomic mass is 16.2. The van der Waals surface area contributed by atoms with Crippen LogP contribution in [0.25, 0.3) is 10.8 Å². The number of hydrogen-bond donors (Lipinski definition) is 2. The highest BCUT2D eigenvalue weighted by Crippen LogP contribution is 2.20. The summed E-state index contributed by atoms with van der Waals surface area (Å²) in [5, 5.41) is 7.99. The van der Waals surface area contributed by atoms with Crippen LogP contribution in [0.3, 0.4) is 0 Å². The number of benzene rings is 3. The monoisotopic (exact) mass is 542 g/mol. The number of ketones is 2. The van der Waals surface area contributed by atoms with E-state index in [1.165, 1.54) is 0 Å². The Labute approximate surface area is 237 Å². The quantitative estimate of drug-likeness (QED) is 0.271. The molecule has 0 aliphatic rings. The minimum atomic E-state index is -0.687. The summed E-state index contributed by atoms with van der Waals surface area (Å²) in [7, 11) is 0. The van der Waals surface area contributed by atoms with Crippen molar-refractivity contribution in [3.8, 4) is 0 Å². The number of amides is 2. The van der Waals surface area contributed by atoms with Gasteiger partial charge in [-0.1, -0.05) is 72.8 Å². The van der Waals surface area contributed by atoms with Crippen molar-refractivity contribution in [2.24, 2.45) is 5.92 Å². The van der Waals surface area contributed by atoms with E-state index in [-0.39, 0.29) is 48.2 Å². The molecule has 0 heterocycles. The third-order valence-electron chi connectivity index (χ3n) is 6.98. The van der Waals surface area contributed by atoms with Crippen molar-refractivity contribution in [1.29, 1.82) is 0 Å². The van der Waals surface area contributed by atoms with Crippen LogP contribution in [-0.4, -0.2) is 35.0 Å². The number of Topliss-reactive ketones (excluding diaryl/α,β-unsaturated/α-hetero) is 2. The van der Waals surface area contributed by atoms with Crippen LogP contribution in [0.1, 0.15) is 70.9 Å². The average Bonchev–Trinajstić information content (AvgIpc) is 2.92. The van der Waals surface area contributed by atoms with Crippen LogP contribution < -0.4 is 10.6 Å². The lowest BCUT2D eigenvalue weighted by Gasteiger charge is -2.22. The third-order valence-corrected chi connectivity index (χ3v) is 6.98. The van der Waals surface area contributed by atoms with Crippen LogP contribution in [0.2, 0.25) is 0 Å². The first-order valence-electron chi connectivity index (χ1n) is 14.2. The number of hydrogen-bond acceptors (Lipinski definition) is 4. The molecule has 0 spiro atoms. The van der Waals surface area contributed by atoms with Crippen molar-refractivity contribution in [2.45, 2.75) is 84.2 Å². The van der Waals surface area contributed by atoms with E-state index < -0.39 is 12.0 Å². The molecule has 2 atom stereocenters. The third kappa shape index (κ3) is 10.1. The van der Waals surface area contributed by atoms with Gasteiger partial charge in [-0.15, -0.1) is 0 Å². The molecule has 0 fully saturated rings. The van der Waals surface area contributed by atoms with Gasteiger partial charge in [0.2, 0.25) is 11.8 Å². The topological polar surface area (TPSA) is 92.3 Å². The SMILES string of the molecule is C[C@H](NC(=O)[C@H](CCC(=O)NC(C)(C)C)CC(=O)CCc1ccccc1)C(=O)CCc1cccc2ccccc12. The van der Waals surface area contributed by atoms with Crippen molar-refractivity contribution < 1.29 is 19.2 Å². The highest BCUT2D eigenvalue weighted by Gasteiger charge is 2.26. The van der Waals surface area contributed by atoms with E-state index in [4.69, 9.17) is 0 Å². The van der Waals surface area contributed by atoms with Crippen LogP contribution in [0.4, 0.5) is 0 Å². The lowest BCUT2D eigenvalue weighted by Crippen LogP contribution is -2.43. The number of aryl methyl sites for hydroxylation is 2. The Kier molecular flexibility index (Phi) is 11.2. The van der Waals surface area contributed by atoms with E-state index >= 15 is 0 Å². The van der Waals surface area contributed by atoms with Gasteiger partial charge in [0.05, 0.1) is 6.04 Å². The lowest BCUT2D eigenvalue weighted by molar-refractivity contribution is -0.133. The van der Waals surface area contributed by atoms with Gasteiger partial charge in [0, 0.05) is 37.1 Å². The summed E-state index contributed by atoms with van der Waals surface area (Å²) >= 11 is 0. The fourth-order valence-electron chi connectivity index (χ4n) is 4.81. The summed E-state index contributed by atoms with van der Waals surface area (Å²) in [6.07, 6.45) is 2.20. The van der Waals surface area contributed by atoms with Gasteiger partial charge in [-0.25, -0.2) is 0 Å². The molecule has 0 saturated carbocycles. The molecular formula is C34H42N2O4. The number of fused-ring (bicyclic) bond motifs is 1. The zero-order chi connectivity index (χ0) is 29.1. The minimum Gasteiger partial charge on any atom is -0.352 e. The molecule has 0 bridgehead atoms. The molecular weight excluding hydrogens is 500 g/mol. The van der Waals surface area contributed by atoms with E-state index in [2.05, 4.69) is 16.7 Å². The Hall–Kier alpha value is -3.80. The van der Waals surface area contributed by atoms with E-state index in [1.54, 1.807) is 6.92 Å². The average molecular weight is 543 g/mol. The van der Waals surface area contributed by atoms with Gasteiger partial charge < -0.3 is 10.6 Å². The molecule has 6 nitrogen and oxygen atoms in total. The van der Waals surface area contributed by atoms with Gasteiger partial charge in [-0.2, -0.15) is 0 Å². The van der Waals surface area contributed by atoms with E-state index in [0.717, 1.165) is 21.9 Å². The minimum absolute atomic E-state index is 0.0323. The zero-order valence-corrected chi connectivity index (χ0v) is 24.2. The zero-order valence-electron chi connectivity index (χ0n) is 24.2. The van der Waals surface area contributed by atoms with E-state index in [9.17, 15) is 19.2 Å². The standard InChI is InChI=1S/C34H42N2O4/c1-24(31(38)21-18-27-15-10-14-26-13-8-9-16-30(26)27)35-33(40)28(19-22-32(39)36-34(2,3)4)23-29(37)20-17-25-11-6-5-7-12-25/h5-16,24,28H,17-23H2,1-4H3,(H,35,40)(H,36,39)/t24-,28+/m0/s1. The summed E-state index contributed by atoms with van der Waals surface area (Å²) < 4.78 is 0. The molecule has 0 aliphatic carbocycles. The van der Waals surface area contributed by atoms with Crippen LogP contribution in [0, 0.1) is 5.92 Å². The second kappa shape index (κ2) is 14.5. The van der Waals surface area contributed by atoms with Gasteiger partial charge >= 0.3 is 0 Å². The molecule has 0 unspecified atom stereocenters. The summed E-state index contributed by atoms with van der Waals surface area (Å²) in [6.45, 7) is 7.37. The fraction of sp³-hybridized carbons (Fsp3) is 0.412. The van der Waals surface area contributed by atoms with Crippen LogP contribution >= 0.6 is 0 Å². The first-order valence-corrected chi connectivity index (χ1v) is 14.2. The molecule has 3 aromatic carbocycles. The summed E-state index contributed by atoms with van der Waals surface area (Å²) in [6, 6.07) is 23.2. The van der Waals surface area contributed by atoms with Crippen LogP contribution in [-0.2, 0) is 32.0 Å². The van der Waals surface area contributed by atoms with Gasteiger partial charge in [-0.05, 0) is 68.9 Å². The molecule has 40 heavy (non-hydrogen) atoms. The van der Waals surface area contributed by atoms with Crippen molar-refractivity contribution in [3.05, 3.63) is 83.9 Å². The predicted molar refractivity (Wildman–Crippen MR) is 160 cm³/mol. The number of carbonyl (C=O) groups is 4. The van der Waals surface area contributed by atoms with Crippen molar-refractivity contribution >= 4 is 34.2 Å². The molecule has 6 heteroatoms. The van der Waals surface area contributed by atoms with Crippen LogP contribution in [0.15, 0.2) is 72.8 Å². The molecule has 3 aromatic rings. The molecule has 0 aromatic heterocycles. The van der Waals surface area contributed by atoms with Crippen molar-refractivity contribution in [1.82, 2.24) is 10.6 Å². The lowest BCUT2D eigenvalue weighted by atomic mass is 9.92. The largest absolute Gasteiger partial charge is 0.352 e.